The summed E-state index contributed by atoms with van der Waals surface area (Å²) in [5.41, 5.74) is 8.21. The minimum Gasteiger partial charge on any atom is -0.354 e. The lowest BCUT2D eigenvalue weighted by Crippen LogP contribution is -2.44. The fraction of sp³-hybridized carbons (Fsp3) is 0.368. The molecule has 1 aromatic carbocycles. The lowest BCUT2D eigenvalue weighted by molar-refractivity contribution is 0.0951. The molecular formula is C19H25N5O. The Morgan fingerprint density at radius 3 is 2.36 bits per heavy atom. The van der Waals surface area contributed by atoms with Crippen molar-refractivity contribution in [2.24, 2.45) is 5.73 Å². The number of rotatable bonds is 5. The molecule has 0 bridgehead atoms. The van der Waals surface area contributed by atoms with E-state index in [1.165, 1.54) is 0 Å². The number of amides is 1. The van der Waals surface area contributed by atoms with E-state index in [4.69, 9.17) is 5.73 Å². The molecule has 132 valence electrons. The molecule has 1 saturated heterocycles. The van der Waals surface area contributed by atoms with E-state index in [0.717, 1.165) is 43.1 Å². The minimum atomic E-state index is -0.0910. The number of aromatic nitrogens is 1. The van der Waals surface area contributed by atoms with Crippen LogP contribution >= 0.6 is 0 Å². The highest BCUT2D eigenvalue weighted by Crippen LogP contribution is 2.13. The predicted octanol–water partition coefficient (Wildman–Crippen LogP) is 1.22. The van der Waals surface area contributed by atoms with Crippen LogP contribution in [0.25, 0.3) is 0 Å². The van der Waals surface area contributed by atoms with Crippen LogP contribution in [0.3, 0.4) is 0 Å². The maximum atomic E-state index is 12.2. The van der Waals surface area contributed by atoms with Gasteiger partial charge in [0, 0.05) is 51.0 Å². The Kier molecular flexibility index (Phi) is 5.63. The van der Waals surface area contributed by atoms with Gasteiger partial charge in [0.05, 0.1) is 0 Å². The molecule has 0 saturated carbocycles. The highest BCUT2D eigenvalue weighted by Gasteiger charge is 2.15. The van der Waals surface area contributed by atoms with Gasteiger partial charge in [0.25, 0.3) is 5.91 Å². The van der Waals surface area contributed by atoms with E-state index in [0.29, 0.717) is 18.7 Å². The first-order valence-electron chi connectivity index (χ1n) is 8.61. The monoisotopic (exact) mass is 339 g/mol. The second-order valence-electron chi connectivity index (χ2n) is 6.40. The van der Waals surface area contributed by atoms with Crippen molar-refractivity contribution in [1.82, 2.24) is 15.2 Å². The van der Waals surface area contributed by atoms with E-state index in [-0.39, 0.29) is 5.91 Å². The number of nitrogens with one attached hydrogen (secondary N) is 1. The smallest absolute Gasteiger partial charge is 0.251 e. The summed E-state index contributed by atoms with van der Waals surface area (Å²) in [7, 11) is 2.14. The van der Waals surface area contributed by atoms with Crippen LogP contribution in [-0.2, 0) is 13.1 Å². The zero-order valence-electron chi connectivity index (χ0n) is 14.6. The molecule has 3 N–H and O–H groups in total. The number of nitrogens with zero attached hydrogens (tertiary/aromatic N) is 3. The Morgan fingerprint density at radius 1 is 1.08 bits per heavy atom. The third kappa shape index (κ3) is 4.55. The van der Waals surface area contributed by atoms with E-state index < -0.39 is 0 Å². The van der Waals surface area contributed by atoms with Crippen molar-refractivity contribution in [2.75, 3.05) is 38.1 Å². The topological polar surface area (TPSA) is 74.5 Å². The number of carbonyl (C=O) groups is 1. The van der Waals surface area contributed by atoms with Crippen molar-refractivity contribution in [2.45, 2.75) is 13.1 Å². The Morgan fingerprint density at radius 2 is 1.76 bits per heavy atom. The summed E-state index contributed by atoms with van der Waals surface area (Å²) in [6, 6.07) is 11.4. The first kappa shape index (κ1) is 17.4. The van der Waals surface area contributed by atoms with Gasteiger partial charge in [-0.3, -0.25) is 4.79 Å². The summed E-state index contributed by atoms with van der Waals surface area (Å²) in [4.78, 5) is 21.3. The second kappa shape index (κ2) is 8.09. The fourth-order valence-corrected chi connectivity index (χ4v) is 2.82. The molecule has 1 aromatic heterocycles. The zero-order chi connectivity index (χ0) is 17.6. The minimum absolute atomic E-state index is 0.0910. The van der Waals surface area contributed by atoms with Crippen LogP contribution in [0.15, 0.2) is 42.6 Å². The average Bonchev–Trinajstić information content (AvgIpc) is 2.67. The summed E-state index contributed by atoms with van der Waals surface area (Å²) in [6.45, 7) is 5.06. The van der Waals surface area contributed by atoms with Gasteiger partial charge in [-0.05, 0) is 36.4 Å². The molecule has 0 spiro atoms. The van der Waals surface area contributed by atoms with Crippen LogP contribution in [-0.4, -0.2) is 49.0 Å². The average molecular weight is 339 g/mol. The van der Waals surface area contributed by atoms with Crippen LogP contribution in [0.1, 0.15) is 21.5 Å². The molecule has 2 aromatic rings. The van der Waals surface area contributed by atoms with Gasteiger partial charge in [0.2, 0.25) is 0 Å². The maximum Gasteiger partial charge on any atom is 0.251 e. The number of pyridine rings is 1. The number of hydrogen-bond acceptors (Lipinski definition) is 5. The Balaban J connectivity index is 1.53. The highest BCUT2D eigenvalue weighted by molar-refractivity contribution is 5.94. The summed E-state index contributed by atoms with van der Waals surface area (Å²) in [5.74, 6) is 0.910. The summed E-state index contributed by atoms with van der Waals surface area (Å²) in [6.07, 6.45) is 1.84. The van der Waals surface area contributed by atoms with E-state index in [1.54, 1.807) is 12.1 Å². The third-order valence-corrected chi connectivity index (χ3v) is 4.54. The van der Waals surface area contributed by atoms with Crippen LogP contribution in [0.5, 0.6) is 0 Å². The van der Waals surface area contributed by atoms with Gasteiger partial charge in [0.1, 0.15) is 5.82 Å². The van der Waals surface area contributed by atoms with E-state index in [1.807, 2.05) is 30.5 Å². The summed E-state index contributed by atoms with van der Waals surface area (Å²) >= 11 is 0. The van der Waals surface area contributed by atoms with E-state index in [2.05, 4.69) is 27.1 Å². The lowest BCUT2D eigenvalue weighted by atomic mass is 10.1. The largest absolute Gasteiger partial charge is 0.354 e. The Bertz CT molecular complexity index is 691. The quantitative estimate of drug-likeness (QED) is 0.857. The third-order valence-electron chi connectivity index (χ3n) is 4.54. The molecule has 25 heavy (non-hydrogen) atoms. The van der Waals surface area contributed by atoms with Crippen molar-refractivity contribution < 1.29 is 4.79 Å². The SMILES string of the molecule is CN1CCN(c2ccc(CNC(=O)c3ccc(CN)cc3)cn2)CC1. The van der Waals surface area contributed by atoms with Crippen molar-refractivity contribution >= 4 is 11.7 Å². The molecule has 0 unspecified atom stereocenters. The predicted molar refractivity (Wildman–Crippen MR) is 99.5 cm³/mol. The molecule has 6 nitrogen and oxygen atoms in total. The molecule has 0 radical (unpaired) electrons. The number of carbonyl (C=O) groups excluding carboxylic acids is 1. The Hall–Kier alpha value is -2.44. The zero-order valence-corrected chi connectivity index (χ0v) is 14.6. The molecule has 0 atom stereocenters. The number of likely N-dealkylation sites (N-methyl/N-ethyl adjacent to an activating group) is 1. The first-order chi connectivity index (χ1) is 12.2. The Labute approximate surface area is 148 Å². The maximum absolute atomic E-state index is 12.2. The van der Waals surface area contributed by atoms with E-state index in [9.17, 15) is 4.79 Å². The summed E-state index contributed by atoms with van der Waals surface area (Å²) < 4.78 is 0. The molecule has 0 aliphatic carbocycles. The summed E-state index contributed by atoms with van der Waals surface area (Å²) in [5, 5.41) is 2.93. The van der Waals surface area contributed by atoms with Gasteiger partial charge in [-0.1, -0.05) is 18.2 Å². The molecular weight excluding hydrogens is 314 g/mol. The van der Waals surface area contributed by atoms with Crippen molar-refractivity contribution in [3.63, 3.8) is 0 Å². The van der Waals surface area contributed by atoms with Gasteiger partial charge in [-0.25, -0.2) is 4.98 Å². The van der Waals surface area contributed by atoms with Gasteiger partial charge >= 0.3 is 0 Å². The molecule has 1 fully saturated rings. The fourth-order valence-electron chi connectivity index (χ4n) is 2.82. The van der Waals surface area contributed by atoms with Gasteiger partial charge in [-0.15, -0.1) is 0 Å². The normalized spacial score (nSPS) is 15.2. The van der Waals surface area contributed by atoms with Crippen LogP contribution in [0.4, 0.5) is 5.82 Å². The van der Waals surface area contributed by atoms with Crippen molar-refractivity contribution in [1.29, 1.82) is 0 Å². The molecule has 1 amide bonds. The van der Waals surface area contributed by atoms with Crippen LogP contribution in [0.2, 0.25) is 0 Å². The first-order valence-corrected chi connectivity index (χ1v) is 8.61. The highest BCUT2D eigenvalue weighted by atomic mass is 16.1. The molecule has 1 aliphatic heterocycles. The van der Waals surface area contributed by atoms with Gasteiger partial charge < -0.3 is 20.9 Å². The number of nitrogens with two attached hydrogens (primary N) is 1. The van der Waals surface area contributed by atoms with Crippen molar-refractivity contribution in [3.05, 3.63) is 59.3 Å². The molecule has 1 aliphatic rings. The van der Waals surface area contributed by atoms with Crippen LogP contribution in [0, 0.1) is 0 Å². The standard InChI is InChI=1S/C19H25N5O/c1-23-8-10-24(11-9-23)18-7-4-16(13-21-18)14-22-19(25)17-5-2-15(12-20)3-6-17/h2-7,13H,8-12,14,20H2,1H3,(H,22,25). The molecule has 6 heteroatoms. The number of piperazine rings is 1. The molecule has 2 heterocycles. The van der Waals surface area contributed by atoms with E-state index >= 15 is 0 Å². The number of anilines is 1. The lowest BCUT2D eigenvalue weighted by Gasteiger charge is -2.33. The second-order valence-corrected chi connectivity index (χ2v) is 6.40. The molecule has 3 rings (SSSR count). The van der Waals surface area contributed by atoms with Gasteiger partial charge in [0.15, 0.2) is 0 Å². The number of hydrogen-bond donors (Lipinski definition) is 2. The number of benzene rings is 1. The van der Waals surface area contributed by atoms with Crippen LogP contribution < -0.4 is 16.0 Å². The van der Waals surface area contributed by atoms with Crippen molar-refractivity contribution in [3.8, 4) is 0 Å². The van der Waals surface area contributed by atoms with Gasteiger partial charge in [-0.2, -0.15) is 0 Å².